The van der Waals surface area contributed by atoms with E-state index in [4.69, 9.17) is 0 Å². The molecule has 0 N–H and O–H groups in total. The summed E-state index contributed by atoms with van der Waals surface area (Å²) < 4.78 is 0. The Labute approximate surface area is 512 Å². The van der Waals surface area contributed by atoms with Gasteiger partial charge in [0.1, 0.15) is 0 Å². The zero-order valence-corrected chi connectivity index (χ0v) is 58.8. The zero-order valence-electron chi connectivity index (χ0n) is 50.5. The largest absolute Gasteiger partial charge is 2.00 e. The van der Waals surface area contributed by atoms with E-state index in [2.05, 4.69) is 284 Å². The summed E-state index contributed by atoms with van der Waals surface area (Å²) in [5.74, 6) is 0. The summed E-state index contributed by atoms with van der Waals surface area (Å²) in [6.45, 7) is 47.5. The predicted molar refractivity (Wildman–Crippen MR) is 342 cm³/mol. The Morgan fingerprint density at radius 2 is 0.513 bits per heavy atom. The van der Waals surface area contributed by atoms with Crippen molar-refractivity contribution in [2.24, 2.45) is 0 Å². The molecule has 412 valence electrons. The predicted octanol–water partition coefficient (Wildman–Crippen LogP) is 15.1. The minimum atomic E-state index is -0.185. The number of fused-ring (bicyclic) bond motifs is 4. The van der Waals surface area contributed by atoms with Crippen molar-refractivity contribution < 1.29 is 68.2 Å². The van der Waals surface area contributed by atoms with Crippen molar-refractivity contribution in [3.63, 3.8) is 0 Å². The fourth-order valence-corrected chi connectivity index (χ4v) is 26.0. The first-order chi connectivity index (χ1) is 33.7. The van der Waals surface area contributed by atoms with Crippen molar-refractivity contribution in [3.8, 4) is 0 Å². The molecule has 0 aliphatic heterocycles. The van der Waals surface area contributed by atoms with E-state index in [1.54, 1.807) is 21.2 Å². The summed E-state index contributed by atoms with van der Waals surface area (Å²) in [5.41, 5.74) is 3.30. The maximum atomic E-state index is 2.43. The van der Waals surface area contributed by atoms with Gasteiger partial charge < -0.3 is 24.8 Å². The van der Waals surface area contributed by atoms with Crippen molar-refractivity contribution in [3.05, 3.63) is 146 Å². The molecule has 0 amide bonds. The normalized spacial score (nSPS) is 14.3. The Kier molecular flexibility index (Phi) is 30.8. The van der Waals surface area contributed by atoms with Crippen molar-refractivity contribution >= 4 is 96.0 Å². The van der Waals surface area contributed by atoms with Gasteiger partial charge in [-0.3, -0.25) is 0 Å². The average molecular weight is 1200 g/mol. The summed E-state index contributed by atoms with van der Waals surface area (Å²) in [5, 5.41) is 18.9. The molecule has 0 fully saturated rings. The van der Waals surface area contributed by atoms with Crippen LogP contribution in [0, 0.1) is 0 Å². The van der Waals surface area contributed by atoms with Gasteiger partial charge in [0.2, 0.25) is 0 Å². The van der Waals surface area contributed by atoms with E-state index < -0.39 is 0 Å². The van der Waals surface area contributed by atoms with Gasteiger partial charge >= 0.3 is 43.4 Å². The Bertz CT molecular complexity index is 2500. The molecular formula is C68H96Cl2P4Ti2-2. The number of hydrogen-bond donors (Lipinski definition) is 0. The van der Waals surface area contributed by atoms with Crippen LogP contribution in [-0.4, -0.2) is 43.3 Å². The molecule has 0 radical (unpaired) electrons. The minimum absolute atomic E-state index is 0. The number of hydrogen-bond acceptors (Lipinski definition) is 0. The maximum absolute atomic E-state index is 2.43. The van der Waals surface area contributed by atoms with E-state index in [1.807, 2.05) is 0 Å². The van der Waals surface area contributed by atoms with Crippen LogP contribution in [0.25, 0.3) is 43.1 Å². The molecule has 76 heavy (non-hydrogen) atoms. The van der Waals surface area contributed by atoms with Crippen LogP contribution >= 0.6 is 31.7 Å². The van der Waals surface area contributed by atoms with E-state index in [0.717, 1.165) is 22.6 Å². The van der Waals surface area contributed by atoms with Gasteiger partial charge in [-0.25, -0.2) is 0 Å². The Morgan fingerprint density at radius 3 is 0.697 bits per heavy atom. The molecule has 0 bridgehead atoms. The van der Waals surface area contributed by atoms with Crippen LogP contribution in [-0.2, 0) is 43.4 Å². The second-order valence-corrected chi connectivity index (χ2v) is 38.5. The smallest absolute Gasteiger partial charge is 1.00 e. The second kappa shape index (κ2) is 32.0. The number of halogens is 2. The molecule has 4 unspecified atom stereocenters. The third kappa shape index (κ3) is 19.6. The quantitative estimate of drug-likeness (QED) is 0.0650. The van der Waals surface area contributed by atoms with E-state index in [1.165, 1.54) is 68.8 Å². The molecule has 0 aliphatic carbocycles. The van der Waals surface area contributed by atoms with Gasteiger partial charge in [-0.05, 0) is 68.9 Å². The molecule has 0 heterocycles. The third-order valence-electron chi connectivity index (χ3n) is 14.5. The molecule has 8 heteroatoms. The number of benzene rings is 4. The monoisotopic (exact) mass is 1200 g/mol. The molecular weight excluding hydrogens is 1110 g/mol. The van der Waals surface area contributed by atoms with Crippen LogP contribution in [0.1, 0.15) is 164 Å². The zero-order chi connectivity index (χ0) is 53.3. The van der Waals surface area contributed by atoms with Crippen LogP contribution in [0.15, 0.2) is 146 Å². The van der Waals surface area contributed by atoms with Crippen molar-refractivity contribution in [1.29, 1.82) is 0 Å². The first-order valence-electron chi connectivity index (χ1n) is 27.5. The Morgan fingerprint density at radius 1 is 0.329 bits per heavy atom. The van der Waals surface area contributed by atoms with Gasteiger partial charge in [0.15, 0.2) is 0 Å². The first kappa shape index (κ1) is 73.1. The molecule has 0 nitrogen and oxygen atoms in total. The van der Waals surface area contributed by atoms with Crippen molar-refractivity contribution in [1.82, 2.24) is 0 Å². The molecule has 8 rings (SSSR count). The Hall–Kier alpha value is -0.951. The molecule has 0 saturated heterocycles. The van der Waals surface area contributed by atoms with Gasteiger partial charge in [-0.1, -0.05) is 194 Å². The van der Waals surface area contributed by atoms with Crippen LogP contribution in [0.4, 0.5) is 0 Å². The third-order valence-corrected chi connectivity index (χ3v) is 28.4. The number of rotatable bonds is 12. The summed E-state index contributed by atoms with van der Waals surface area (Å²) in [6, 6.07) is 54.2. The molecule has 4 atom stereocenters. The fourth-order valence-electron chi connectivity index (χ4n) is 11.3. The summed E-state index contributed by atoms with van der Waals surface area (Å²) >= 11 is 0. The van der Waals surface area contributed by atoms with E-state index in [-0.39, 0.29) is 99.9 Å². The fraction of sp³-hybridized carbons (Fsp3) is 0.471. The van der Waals surface area contributed by atoms with E-state index in [9.17, 15) is 0 Å². The van der Waals surface area contributed by atoms with Crippen molar-refractivity contribution in [2.75, 3.05) is 0 Å². The van der Waals surface area contributed by atoms with Crippen LogP contribution in [0.3, 0.4) is 0 Å². The summed E-state index contributed by atoms with van der Waals surface area (Å²) in [4.78, 5) is 0. The van der Waals surface area contributed by atoms with Crippen LogP contribution < -0.4 is 46.0 Å². The topological polar surface area (TPSA) is 0 Å². The van der Waals surface area contributed by atoms with E-state index >= 15 is 0 Å². The molecule has 8 aromatic carbocycles. The van der Waals surface area contributed by atoms with Gasteiger partial charge in [0.25, 0.3) is 0 Å². The Balaban J connectivity index is 0.000000498. The summed E-state index contributed by atoms with van der Waals surface area (Å²) in [7, 11) is -0.420. The van der Waals surface area contributed by atoms with Gasteiger partial charge in [0, 0.05) is 0 Å². The average Bonchev–Trinajstić information content (AvgIpc) is 4.12. The van der Waals surface area contributed by atoms with Gasteiger partial charge in [-0.15, -0.1) is 161 Å². The van der Waals surface area contributed by atoms with E-state index in [0.29, 0.717) is 20.6 Å². The standard InChI is InChI=1S/4C17H24P.2ClH.2Ti/c2*1-16(2,3)18(17(4,5)6)15-11-13-9-7-8-10-14(13)12-15;2*1-5-13(3)18(14(4)6-2)17-11-15-9-7-8-10-16(15)12-17;;;;/h2*7-12H,1-6H3;2*7-14H,5-6H2,1-4H3;2*1H;;/q4*-1;;;2*+2/p-2. The van der Waals surface area contributed by atoms with Crippen LogP contribution in [0.2, 0.25) is 0 Å². The molecule has 0 spiro atoms. The molecule has 0 saturated carbocycles. The molecule has 8 aromatic rings. The van der Waals surface area contributed by atoms with Crippen LogP contribution in [0.5, 0.6) is 0 Å². The minimum Gasteiger partial charge on any atom is -1.00 e. The first-order valence-corrected chi connectivity index (χ1v) is 33.2. The molecule has 0 aliphatic rings. The summed E-state index contributed by atoms with van der Waals surface area (Å²) in [6.07, 6.45) is 5.16. The molecule has 0 aromatic heterocycles. The van der Waals surface area contributed by atoms with Gasteiger partial charge in [0.05, 0.1) is 0 Å². The second-order valence-electron chi connectivity index (χ2n) is 24.6. The van der Waals surface area contributed by atoms with Gasteiger partial charge in [-0.2, -0.15) is 24.3 Å². The SMILES string of the molecule is CC(C)(C)P(c1cc2ccccc2[cH-]1)C(C)(C)C.CC(C)(C)P(c1cc2ccccc2[cH-]1)C(C)(C)C.CCC(C)P(c1cc2ccccc2[cH-]1)C(C)CC.CCC(C)P(c1cc2ccccc2[cH-]1)C(C)CC.[Cl-].[Cl-].[Ti+2].[Ti+2]. The van der Waals surface area contributed by atoms with Crippen molar-refractivity contribution in [2.45, 2.75) is 207 Å². The maximum Gasteiger partial charge on any atom is 2.00 e.